The average molecular weight is 481 g/mol. The summed E-state index contributed by atoms with van der Waals surface area (Å²) >= 11 is 0. The number of carbonyl (C=O) groups excluding carboxylic acids is 4. The molecule has 0 N–H and O–H groups in total. The highest BCUT2D eigenvalue weighted by atomic mass is 16.7. The predicted octanol–water partition coefficient (Wildman–Crippen LogP) is 2.32. The molecule has 35 heavy (non-hydrogen) atoms. The Balaban J connectivity index is 1.78. The van der Waals surface area contributed by atoms with E-state index in [0.29, 0.717) is 16.7 Å². The number of nitrogens with zero attached hydrogens (tertiary/aromatic N) is 1. The maximum atomic E-state index is 12.7. The van der Waals surface area contributed by atoms with Gasteiger partial charge in [-0.05, 0) is 48.5 Å². The quantitative estimate of drug-likeness (QED) is 0.329. The largest absolute Gasteiger partial charge is 0.461 e. The molecule has 0 spiro atoms. The van der Waals surface area contributed by atoms with E-state index in [1.54, 1.807) is 36.4 Å². The first-order valence-corrected chi connectivity index (χ1v) is 10.6. The van der Waals surface area contributed by atoms with E-state index in [-0.39, 0.29) is 18.1 Å². The van der Waals surface area contributed by atoms with Crippen molar-refractivity contribution in [3.8, 4) is 11.8 Å². The highest BCUT2D eigenvalue weighted by Gasteiger charge is 2.48. The molecule has 0 saturated carbocycles. The number of ketones is 1. The Labute approximate surface area is 201 Å². The lowest BCUT2D eigenvalue weighted by Crippen LogP contribution is -2.59. The van der Waals surface area contributed by atoms with Gasteiger partial charge in [-0.3, -0.25) is 19.2 Å². The summed E-state index contributed by atoms with van der Waals surface area (Å²) in [7, 11) is 0. The van der Waals surface area contributed by atoms with E-state index in [0.717, 1.165) is 0 Å². The minimum absolute atomic E-state index is 0.171. The van der Waals surface area contributed by atoms with E-state index < -0.39 is 42.5 Å². The SMILES string of the molecule is CC(=O)O[C@@H]1[C@@H](OC(C)=O)[C@H](Oc2ccc(C(=O)c3ccc(C#N)cc3)cc2)OC[C@@H]1OC(C)=O. The standard InChI is InChI=1S/C25H23NO9/c1-14(27)32-21-13-31-25(24(34-16(3)29)23(21)33-15(2)28)35-20-10-8-19(9-11-20)22(30)18-6-4-17(12-26)5-7-18/h4-11,21,23-25H,13H2,1-3H3/t21-,23-,24+,25-/m0/s1. The number of hydrogen-bond acceptors (Lipinski definition) is 10. The molecule has 0 unspecified atom stereocenters. The summed E-state index contributed by atoms with van der Waals surface area (Å²) in [5.74, 6) is -1.94. The van der Waals surface area contributed by atoms with Crippen LogP contribution < -0.4 is 4.74 Å². The lowest BCUT2D eigenvalue weighted by atomic mass is 10.0. The monoisotopic (exact) mass is 481 g/mol. The summed E-state index contributed by atoms with van der Waals surface area (Å²) in [5.41, 5.74) is 1.25. The molecule has 1 saturated heterocycles. The molecule has 1 aliphatic rings. The van der Waals surface area contributed by atoms with Gasteiger partial charge in [0.1, 0.15) is 5.75 Å². The van der Waals surface area contributed by atoms with Crippen LogP contribution in [0.5, 0.6) is 5.75 Å². The molecule has 4 atom stereocenters. The van der Waals surface area contributed by atoms with Crippen molar-refractivity contribution < 1.29 is 42.9 Å². The molecule has 182 valence electrons. The second-order valence-electron chi connectivity index (χ2n) is 7.66. The highest BCUT2D eigenvalue weighted by molar-refractivity contribution is 6.09. The zero-order chi connectivity index (χ0) is 25.5. The van der Waals surface area contributed by atoms with E-state index in [2.05, 4.69) is 0 Å². The third kappa shape index (κ3) is 6.65. The lowest BCUT2D eigenvalue weighted by molar-refractivity contribution is -0.259. The Morgan fingerprint density at radius 1 is 0.800 bits per heavy atom. The van der Waals surface area contributed by atoms with Crippen LogP contribution in [-0.4, -0.2) is 54.9 Å². The first-order chi connectivity index (χ1) is 16.7. The molecule has 0 aromatic heterocycles. The van der Waals surface area contributed by atoms with Gasteiger partial charge in [0, 0.05) is 31.9 Å². The second kappa shape index (κ2) is 11.3. The molecule has 10 nitrogen and oxygen atoms in total. The normalized spacial score (nSPS) is 21.2. The average Bonchev–Trinajstić information content (AvgIpc) is 2.82. The van der Waals surface area contributed by atoms with Crippen LogP contribution in [0.3, 0.4) is 0 Å². The number of nitriles is 1. The number of benzene rings is 2. The second-order valence-corrected chi connectivity index (χ2v) is 7.66. The zero-order valence-electron chi connectivity index (χ0n) is 19.3. The van der Waals surface area contributed by atoms with E-state index in [4.69, 9.17) is 28.9 Å². The Kier molecular flexibility index (Phi) is 8.17. The van der Waals surface area contributed by atoms with Gasteiger partial charge in [-0.25, -0.2) is 0 Å². The molecular formula is C25H23NO9. The summed E-state index contributed by atoms with van der Waals surface area (Å²) in [6, 6.07) is 14.4. The van der Waals surface area contributed by atoms with Gasteiger partial charge >= 0.3 is 17.9 Å². The van der Waals surface area contributed by atoms with Crippen molar-refractivity contribution in [3.05, 3.63) is 65.2 Å². The van der Waals surface area contributed by atoms with Gasteiger partial charge in [0.2, 0.25) is 12.4 Å². The van der Waals surface area contributed by atoms with Gasteiger partial charge in [0.05, 0.1) is 18.2 Å². The van der Waals surface area contributed by atoms with Crippen molar-refractivity contribution >= 4 is 23.7 Å². The van der Waals surface area contributed by atoms with E-state index in [1.807, 2.05) is 6.07 Å². The van der Waals surface area contributed by atoms with Gasteiger partial charge < -0.3 is 23.7 Å². The Morgan fingerprint density at radius 2 is 1.31 bits per heavy atom. The molecule has 0 amide bonds. The third-order valence-electron chi connectivity index (χ3n) is 4.95. The van der Waals surface area contributed by atoms with Crippen LogP contribution >= 0.6 is 0 Å². The number of carbonyl (C=O) groups is 4. The molecule has 1 heterocycles. The van der Waals surface area contributed by atoms with Crippen molar-refractivity contribution in [2.45, 2.75) is 45.4 Å². The van der Waals surface area contributed by atoms with Crippen LogP contribution in [0.2, 0.25) is 0 Å². The third-order valence-corrected chi connectivity index (χ3v) is 4.95. The number of esters is 3. The van der Waals surface area contributed by atoms with Crippen LogP contribution in [0, 0.1) is 11.3 Å². The summed E-state index contributed by atoms with van der Waals surface area (Å²) in [4.78, 5) is 47.6. The first kappa shape index (κ1) is 25.4. The number of ether oxygens (including phenoxy) is 5. The molecule has 2 aromatic rings. The van der Waals surface area contributed by atoms with E-state index in [1.165, 1.54) is 32.9 Å². The molecule has 0 aliphatic carbocycles. The van der Waals surface area contributed by atoms with Crippen LogP contribution in [0.4, 0.5) is 0 Å². The fourth-order valence-electron chi connectivity index (χ4n) is 3.49. The predicted molar refractivity (Wildman–Crippen MR) is 118 cm³/mol. The van der Waals surface area contributed by atoms with Crippen molar-refractivity contribution in [3.63, 3.8) is 0 Å². The molecule has 1 aliphatic heterocycles. The van der Waals surface area contributed by atoms with E-state index >= 15 is 0 Å². The Morgan fingerprint density at radius 3 is 1.83 bits per heavy atom. The van der Waals surface area contributed by atoms with Crippen LogP contribution in [-0.2, 0) is 33.3 Å². The lowest BCUT2D eigenvalue weighted by Gasteiger charge is -2.40. The topological polar surface area (TPSA) is 138 Å². The van der Waals surface area contributed by atoms with Gasteiger partial charge in [-0.2, -0.15) is 5.26 Å². The summed E-state index contributed by atoms with van der Waals surface area (Å²) in [6.45, 7) is 3.36. The minimum Gasteiger partial charge on any atom is -0.461 e. The van der Waals surface area contributed by atoms with E-state index in [9.17, 15) is 19.2 Å². The Bertz CT molecular complexity index is 1140. The van der Waals surface area contributed by atoms with Crippen molar-refractivity contribution in [2.24, 2.45) is 0 Å². The summed E-state index contributed by atoms with van der Waals surface area (Å²) in [6.07, 6.45) is -4.58. The number of hydrogen-bond donors (Lipinski definition) is 0. The molecule has 0 radical (unpaired) electrons. The van der Waals surface area contributed by atoms with Crippen molar-refractivity contribution in [2.75, 3.05) is 6.61 Å². The van der Waals surface area contributed by atoms with Crippen molar-refractivity contribution in [1.82, 2.24) is 0 Å². The zero-order valence-corrected chi connectivity index (χ0v) is 19.3. The van der Waals surface area contributed by atoms with Gasteiger partial charge in [0.15, 0.2) is 18.0 Å². The molecule has 10 heteroatoms. The maximum Gasteiger partial charge on any atom is 0.303 e. The van der Waals surface area contributed by atoms with Gasteiger partial charge in [0.25, 0.3) is 0 Å². The Hall–Kier alpha value is -4.23. The van der Waals surface area contributed by atoms with Crippen LogP contribution in [0.1, 0.15) is 42.3 Å². The van der Waals surface area contributed by atoms with Crippen molar-refractivity contribution in [1.29, 1.82) is 5.26 Å². The van der Waals surface area contributed by atoms with Crippen LogP contribution in [0.15, 0.2) is 48.5 Å². The fourth-order valence-corrected chi connectivity index (χ4v) is 3.49. The fraction of sp³-hybridized carbons (Fsp3) is 0.320. The molecule has 2 aromatic carbocycles. The molecule has 0 bridgehead atoms. The maximum absolute atomic E-state index is 12.7. The summed E-state index contributed by atoms with van der Waals surface area (Å²) < 4.78 is 27.2. The minimum atomic E-state index is -1.23. The van der Waals surface area contributed by atoms with Gasteiger partial charge in [-0.15, -0.1) is 0 Å². The van der Waals surface area contributed by atoms with Crippen LogP contribution in [0.25, 0.3) is 0 Å². The first-order valence-electron chi connectivity index (χ1n) is 10.6. The molecule has 1 fully saturated rings. The number of rotatable bonds is 7. The highest BCUT2D eigenvalue weighted by Crippen LogP contribution is 2.27. The summed E-state index contributed by atoms with van der Waals surface area (Å²) in [5, 5.41) is 8.90. The molecular weight excluding hydrogens is 458 g/mol. The molecule has 3 rings (SSSR count). The smallest absolute Gasteiger partial charge is 0.303 e. The van der Waals surface area contributed by atoms with Gasteiger partial charge in [-0.1, -0.05) is 0 Å².